The van der Waals surface area contributed by atoms with E-state index < -0.39 is 5.95 Å². The van der Waals surface area contributed by atoms with Crippen LogP contribution in [0, 0.1) is 5.95 Å². The molecule has 1 heterocycles. The number of nitrogens with zero attached hydrogens (tertiary/aromatic N) is 1. The van der Waals surface area contributed by atoms with Crippen LogP contribution in [0.5, 0.6) is 0 Å². The average molecular weight is 138 g/mol. The predicted molar refractivity (Wildman–Crippen MR) is 38.7 cm³/mol. The molecule has 0 unspecified atom stereocenters. The van der Waals surface area contributed by atoms with Crippen molar-refractivity contribution < 1.29 is 4.39 Å². The molecule has 52 valence electrons. The molecule has 2 nitrogen and oxygen atoms in total. The predicted octanol–water partition coefficient (Wildman–Crippen LogP) is 1.45. The second-order valence-corrected chi connectivity index (χ2v) is 1.81. The number of aromatic nitrogens is 1. The molecule has 0 aliphatic carbocycles. The molecule has 1 aromatic heterocycles. The Kier molecular flexibility index (Phi) is 1.67. The fraction of sp³-hybridized carbons (Fsp3) is 0. The van der Waals surface area contributed by atoms with Crippen molar-refractivity contribution in [1.82, 2.24) is 4.98 Å². The minimum absolute atomic E-state index is 0.389. The Labute approximate surface area is 58.2 Å². The summed E-state index contributed by atoms with van der Waals surface area (Å²) >= 11 is 0. The third-order valence-corrected chi connectivity index (χ3v) is 1.12. The Morgan fingerprint density at radius 2 is 2.30 bits per heavy atom. The number of nitrogen functional groups attached to an aromatic ring is 1. The van der Waals surface area contributed by atoms with E-state index >= 15 is 0 Å². The van der Waals surface area contributed by atoms with Crippen LogP contribution < -0.4 is 5.73 Å². The van der Waals surface area contributed by atoms with Crippen LogP contribution in [0.25, 0.3) is 6.08 Å². The van der Waals surface area contributed by atoms with Crippen LogP contribution in [0.2, 0.25) is 0 Å². The Morgan fingerprint density at radius 3 is 2.80 bits per heavy atom. The third kappa shape index (κ3) is 1.13. The summed E-state index contributed by atoms with van der Waals surface area (Å²) in [6, 6.07) is 2.67. The molecule has 0 aromatic carbocycles. The van der Waals surface area contributed by atoms with Gasteiger partial charge in [-0.05, 0) is 18.2 Å². The van der Waals surface area contributed by atoms with Crippen LogP contribution in [0.3, 0.4) is 0 Å². The first-order valence-electron chi connectivity index (χ1n) is 2.78. The Hall–Kier alpha value is -1.38. The van der Waals surface area contributed by atoms with Crippen molar-refractivity contribution in [3.63, 3.8) is 0 Å². The smallest absolute Gasteiger partial charge is 0.213 e. The number of nitrogens with two attached hydrogens (primary N) is 1. The highest BCUT2D eigenvalue weighted by Crippen LogP contribution is 2.09. The van der Waals surface area contributed by atoms with E-state index in [4.69, 9.17) is 5.73 Å². The average Bonchev–Trinajstić information content (AvgIpc) is 1.94. The maximum atomic E-state index is 12.3. The lowest BCUT2D eigenvalue weighted by atomic mass is 10.3. The normalized spacial score (nSPS) is 9.30. The Balaban J connectivity index is 3.21. The van der Waals surface area contributed by atoms with Crippen molar-refractivity contribution in [2.24, 2.45) is 0 Å². The van der Waals surface area contributed by atoms with Crippen molar-refractivity contribution in [3.8, 4) is 0 Å². The standard InChI is InChI=1S/C7H7FN2/c1-2-6-5(9)3-4-7(8)10-6/h2-4H,1,9H2. The Bertz CT molecular complexity index is 258. The van der Waals surface area contributed by atoms with E-state index in [2.05, 4.69) is 11.6 Å². The van der Waals surface area contributed by atoms with Crippen LogP contribution in [-0.4, -0.2) is 4.98 Å². The van der Waals surface area contributed by atoms with Gasteiger partial charge in [-0.15, -0.1) is 0 Å². The minimum atomic E-state index is -0.538. The molecule has 0 fully saturated rings. The number of halogens is 1. The van der Waals surface area contributed by atoms with Gasteiger partial charge >= 0.3 is 0 Å². The van der Waals surface area contributed by atoms with E-state index in [9.17, 15) is 4.39 Å². The molecule has 0 atom stereocenters. The van der Waals surface area contributed by atoms with Gasteiger partial charge < -0.3 is 5.73 Å². The first-order valence-corrected chi connectivity index (χ1v) is 2.78. The summed E-state index contributed by atoms with van der Waals surface area (Å²) in [6.45, 7) is 3.42. The summed E-state index contributed by atoms with van der Waals surface area (Å²) in [6.07, 6.45) is 1.42. The Morgan fingerprint density at radius 1 is 1.60 bits per heavy atom. The SMILES string of the molecule is C=Cc1nc(F)ccc1N. The van der Waals surface area contributed by atoms with Crippen molar-refractivity contribution in [3.05, 3.63) is 30.4 Å². The number of anilines is 1. The summed E-state index contributed by atoms with van der Waals surface area (Å²) in [5.74, 6) is -0.538. The van der Waals surface area contributed by atoms with Gasteiger partial charge in [-0.2, -0.15) is 4.39 Å². The van der Waals surface area contributed by atoms with Crippen LogP contribution in [0.15, 0.2) is 18.7 Å². The largest absolute Gasteiger partial charge is 0.397 e. The van der Waals surface area contributed by atoms with E-state index in [0.717, 1.165) is 0 Å². The second kappa shape index (κ2) is 2.47. The lowest BCUT2D eigenvalue weighted by Crippen LogP contribution is -1.93. The molecule has 0 bridgehead atoms. The first kappa shape index (κ1) is 6.74. The topological polar surface area (TPSA) is 38.9 Å². The molecule has 0 aliphatic rings. The third-order valence-electron chi connectivity index (χ3n) is 1.12. The highest BCUT2D eigenvalue weighted by Gasteiger charge is 1.96. The van der Waals surface area contributed by atoms with Crippen molar-refractivity contribution in [2.75, 3.05) is 5.73 Å². The fourth-order valence-electron chi connectivity index (χ4n) is 0.624. The van der Waals surface area contributed by atoms with Crippen molar-refractivity contribution in [2.45, 2.75) is 0 Å². The maximum Gasteiger partial charge on any atom is 0.213 e. The summed E-state index contributed by atoms with van der Waals surface area (Å²) in [5, 5.41) is 0. The summed E-state index contributed by atoms with van der Waals surface area (Å²) < 4.78 is 12.3. The molecule has 0 radical (unpaired) electrons. The van der Waals surface area contributed by atoms with Gasteiger partial charge in [0, 0.05) is 0 Å². The lowest BCUT2D eigenvalue weighted by Gasteiger charge is -1.96. The van der Waals surface area contributed by atoms with Crippen LogP contribution in [0.4, 0.5) is 10.1 Å². The molecule has 0 saturated carbocycles. The van der Waals surface area contributed by atoms with Gasteiger partial charge in [-0.1, -0.05) is 6.58 Å². The molecule has 1 rings (SSSR count). The van der Waals surface area contributed by atoms with Crippen molar-refractivity contribution >= 4 is 11.8 Å². The number of hydrogen-bond donors (Lipinski definition) is 1. The molecule has 0 spiro atoms. The maximum absolute atomic E-state index is 12.3. The summed E-state index contributed by atoms with van der Waals surface area (Å²) in [7, 11) is 0. The molecule has 3 heteroatoms. The monoisotopic (exact) mass is 138 g/mol. The van der Waals surface area contributed by atoms with Gasteiger partial charge in [-0.3, -0.25) is 0 Å². The highest BCUT2D eigenvalue weighted by molar-refractivity contribution is 5.58. The van der Waals surface area contributed by atoms with E-state index in [1.165, 1.54) is 18.2 Å². The zero-order chi connectivity index (χ0) is 7.56. The molecule has 0 amide bonds. The highest BCUT2D eigenvalue weighted by atomic mass is 19.1. The van der Waals surface area contributed by atoms with E-state index in [0.29, 0.717) is 11.4 Å². The zero-order valence-electron chi connectivity index (χ0n) is 5.34. The molecular weight excluding hydrogens is 131 g/mol. The second-order valence-electron chi connectivity index (χ2n) is 1.81. The molecule has 0 saturated heterocycles. The van der Waals surface area contributed by atoms with Crippen LogP contribution in [0.1, 0.15) is 5.69 Å². The summed E-state index contributed by atoms with van der Waals surface area (Å²) in [4.78, 5) is 3.48. The quantitative estimate of drug-likeness (QED) is 0.596. The lowest BCUT2D eigenvalue weighted by molar-refractivity contribution is 0.583. The minimum Gasteiger partial charge on any atom is -0.397 e. The number of pyridine rings is 1. The van der Waals surface area contributed by atoms with Crippen LogP contribution in [-0.2, 0) is 0 Å². The van der Waals surface area contributed by atoms with E-state index in [1.54, 1.807) is 0 Å². The molecule has 2 N–H and O–H groups in total. The first-order chi connectivity index (χ1) is 4.74. The molecule has 1 aromatic rings. The fourth-order valence-corrected chi connectivity index (χ4v) is 0.624. The van der Waals surface area contributed by atoms with Gasteiger partial charge in [0.25, 0.3) is 0 Å². The van der Waals surface area contributed by atoms with Gasteiger partial charge in [-0.25, -0.2) is 4.98 Å². The number of rotatable bonds is 1. The van der Waals surface area contributed by atoms with Gasteiger partial charge in [0.15, 0.2) is 0 Å². The van der Waals surface area contributed by atoms with Crippen LogP contribution >= 0.6 is 0 Å². The number of hydrogen-bond acceptors (Lipinski definition) is 2. The van der Waals surface area contributed by atoms with Crippen molar-refractivity contribution in [1.29, 1.82) is 0 Å². The zero-order valence-corrected chi connectivity index (χ0v) is 5.34. The van der Waals surface area contributed by atoms with E-state index in [1.807, 2.05) is 0 Å². The van der Waals surface area contributed by atoms with Gasteiger partial charge in [0.2, 0.25) is 5.95 Å². The molecule has 0 aliphatic heterocycles. The molecular formula is C7H7FN2. The van der Waals surface area contributed by atoms with Gasteiger partial charge in [0.05, 0.1) is 11.4 Å². The molecule has 10 heavy (non-hydrogen) atoms. The van der Waals surface area contributed by atoms with E-state index in [-0.39, 0.29) is 0 Å². The summed E-state index contributed by atoms with van der Waals surface area (Å²) in [5.41, 5.74) is 6.23. The van der Waals surface area contributed by atoms with Gasteiger partial charge in [0.1, 0.15) is 0 Å².